The summed E-state index contributed by atoms with van der Waals surface area (Å²) in [5.74, 6) is -1.71. The van der Waals surface area contributed by atoms with Crippen LogP contribution >= 0.6 is 11.3 Å². The average molecular weight is 469 g/mol. The monoisotopic (exact) mass is 469 g/mol. The van der Waals surface area contributed by atoms with E-state index in [1.165, 1.54) is 29.1 Å². The molecule has 33 heavy (non-hydrogen) atoms. The Labute approximate surface area is 191 Å². The van der Waals surface area contributed by atoms with E-state index in [-0.39, 0.29) is 21.8 Å². The highest BCUT2D eigenvalue weighted by atomic mass is 32.1. The predicted molar refractivity (Wildman–Crippen MR) is 122 cm³/mol. The second-order valence-corrected chi connectivity index (χ2v) is 7.64. The van der Waals surface area contributed by atoms with Gasteiger partial charge in [-0.15, -0.1) is 11.3 Å². The van der Waals surface area contributed by atoms with Crippen LogP contribution in [0.5, 0.6) is 11.5 Å². The number of phenolic OH excluding ortho intramolecular Hbond substituents is 1. The first kappa shape index (κ1) is 22.3. The Morgan fingerprint density at radius 3 is 2.61 bits per heavy atom. The molecule has 1 heterocycles. The van der Waals surface area contributed by atoms with Crippen molar-refractivity contribution < 1.29 is 23.0 Å². The summed E-state index contributed by atoms with van der Waals surface area (Å²) < 4.78 is 48.7. The molecule has 0 amide bonds. The van der Waals surface area contributed by atoms with Crippen LogP contribution in [0.3, 0.4) is 0 Å². The zero-order valence-corrected chi connectivity index (χ0v) is 18.2. The minimum Gasteiger partial charge on any atom is -0.504 e. The van der Waals surface area contributed by atoms with Crippen molar-refractivity contribution in [3.05, 3.63) is 93.9 Å². The van der Waals surface area contributed by atoms with Crippen LogP contribution in [0.2, 0.25) is 0 Å². The van der Waals surface area contributed by atoms with E-state index in [9.17, 15) is 18.3 Å². The fourth-order valence-electron chi connectivity index (χ4n) is 3.02. The molecule has 0 atom stereocenters. The third kappa shape index (κ3) is 4.98. The van der Waals surface area contributed by atoms with E-state index < -0.39 is 17.5 Å². The van der Waals surface area contributed by atoms with Crippen LogP contribution in [-0.2, 0) is 0 Å². The largest absolute Gasteiger partial charge is 0.504 e. The highest BCUT2D eigenvalue weighted by Gasteiger charge is 2.13. The van der Waals surface area contributed by atoms with Crippen LogP contribution in [0.25, 0.3) is 11.3 Å². The zero-order valence-electron chi connectivity index (χ0n) is 17.4. The van der Waals surface area contributed by atoms with Crippen molar-refractivity contribution in [2.75, 3.05) is 6.61 Å². The van der Waals surface area contributed by atoms with Gasteiger partial charge in [-0.1, -0.05) is 12.1 Å². The molecule has 1 aromatic heterocycles. The standard InChI is InChI=1S/C24H18F3N3O2S/c1-2-32-23-11-15(7-10-22(23)31)13-28-30-21(17-5-3-4-6-18(17)26)14-33-24(30)29-20-9-8-16(25)12-19(20)27/h3-14,31H,2H2,1H3/b28-13-,29-24?. The number of thiazole rings is 1. The van der Waals surface area contributed by atoms with Gasteiger partial charge < -0.3 is 9.84 Å². The van der Waals surface area contributed by atoms with Gasteiger partial charge in [0.2, 0.25) is 4.80 Å². The molecule has 0 saturated carbocycles. The molecular weight excluding hydrogens is 451 g/mol. The maximum atomic E-state index is 14.5. The average Bonchev–Trinajstić information content (AvgIpc) is 3.19. The second-order valence-electron chi connectivity index (χ2n) is 6.81. The van der Waals surface area contributed by atoms with Gasteiger partial charge in [-0.25, -0.2) is 22.8 Å². The summed E-state index contributed by atoms with van der Waals surface area (Å²) in [5, 5.41) is 16.0. The van der Waals surface area contributed by atoms with Gasteiger partial charge >= 0.3 is 0 Å². The lowest BCUT2D eigenvalue weighted by Crippen LogP contribution is -2.12. The number of halogens is 3. The smallest absolute Gasteiger partial charge is 0.211 e. The number of benzene rings is 3. The van der Waals surface area contributed by atoms with E-state index in [0.29, 0.717) is 23.6 Å². The summed E-state index contributed by atoms with van der Waals surface area (Å²) in [6.45, 7) is 2.17. The highest BCUT2D eigenvalue weighted by Crippen LogP contribution is 2.27. The molecule has 0 fully saturated rings. The summed E-state index contributed by atoms with van der Waals surface area (Å²) in [7, 11) is 0. The Balaban J connectivity index is 1.85. The summed E-state index contributed by atoms with van der Waals surface area (Å²) >= 11 is 1.13. The summed E-state index contributed by atoms with van der Waals surface area (Å²) in [6.07, 6.45) is 1.49. The van der Waals surface area contributed by atoms with Crippen molar-refractivity contribution in [2.45, 2.75) is 6.92 Å². The molecule has 0 bridgehead atoms. The molecular formula is C24H18F3N3O2S. The molecule has 1 N–H and O–H groups in total. The van der Waals surface area contributed by atoms with Crippen molar-refractivity contribution in [3.8, 4) is 22.8 Å². The van der Waals surface area contributed by atoms with E-state index in [2.05, 4.69) is 10.1 Å². The summed E-state index contributed by atoms with van der Waals surface area (Å²) in [5.41, 5.74) is 1.21. The molecule has 0 saturated heterocycles. The number of hydrogen-bond acceptors (Lipinski definition) is 5. The van der Waals surface area contributed by atoms with E-state index in [4.69, 9.17) is 4.74 Å². The van der Waals surface area contributed by atoms with Crippen LogP contribution in [0.15, 0.2) is 76.1 Å². The molecule has 168 valence electrons. The van der Waals surface area contributed by atoms with E-state index in [1.807, 2.05) is 0 Å². The van der Waals surface area contributed by atoms with E-state index in [1.54, 1.807) is 42.6 Å². The van der Waals surface area contributed by atoms with E-state index in [0.717, 1.165) is 23.5 Å². The first-order chi connectivity index (χ1) is 16.0. The number of aromatic nitrogens is 1. The first-order valence-electron chi connectivity index (χ1n) is 9.91. The fourth-order valence-corrected chi connectivity index (χ4v) is 3.86. The third-order valence-electron chi connectivity index (χ3n) is 4.57. The van der Waals surface area contributed by atoms with Gasteiger partial charge in [0.15, 0.2) is 17.3 Å². The minimum absolute atomic E-state index is 0.00768. The molecule has 0 radical (unpaired) electrons. The van der Waals surface area contributed by atoms with Crippen LogP contribution < -0.4 is 9.54 Å². The molecule has 4 rings (SSSR count). The number of phenols is 1. The van der Waals surface area contributed by atoms with Crippen LogP contribution in [0.4, 0.5) is 18.9 Å². The molecule has 0 spiro atoms. The molecule has 0 aliphatic carbocycles. The molecule has 0 aliphatic rings. The Bertz CT molecular complexity index is 1400. The minimum atomic E-state index is -0.828. The number of ether oxygens (including phenoxy) is 1. The third-order valence-corrected chi connectivity index (χ3v) is 5.38. The number of nitrogens with zero attached hydrogens (tertiary/aromatic N) is 3. The van der Waals surface area contributed by atoms with Crippen molar-refractivity contribution in [3.63, 3.8) is 0 Å². The number of hydrogen-bond donors (Lipinski definition) is 1. The van der Waals surface area contributed by atoms with E-state index >= 15 is 0 Å². The van der Waals surface area contributed by atoms with Gasteiger partial charge in [0.05, 0.1) is 18.5 Å². The number of aromatic hydroxyl groups is 1. The SMILES string of the molecule is CCOc1cc(/C=N\n2c(-c3ccccc3F)csc2=Nc2ccc(F)cc2F)ccc1O. The maximum Gasteiger partial charge on any atom is 0.211 e. The molecule has 4 aromatic rings. The number of rotatable bonds is 6. The molecule has 0 aliphatic heterocycles. The highest BCUT2D eigenvalue weighted by molar-refractivity contribution is 7.07. The normalized spacial score (nSPS) is 11.9. The molecule has 3 aromatic carbocycles. The maximum absolute atomic E-state index is 14.5. The molecule has 0 unspecified atom stereocenters. The van der Waals surface area contributed by atoms with Gasteiger partial charge in [0, 0.05) is 17.0 Å². The van der Waals surface area contributed by atoms with Crippen molar-refractivity contribution in [1.82, 2.24) is 4.68 Å². The van der Waals surface area contributed by atoms with Crippen molar-refractivity contribution >= 4 is 23.2 Å². The lowest BCUT2D eigenvalue weighted by Gasteiger charge is -2.07. The first-order valence-corrected chi connectivity index (χ1v) is 10.8. The van der Waals surface area contributed by atoms with Crippen LogP contribution in [0, 0.1) is 17.5 Å². The van der Waals surface area contributed by atoms with Gasteiger partial charge in [0.25, 0.3) is 0 Å². The Hall–Kier alpha value is -3.85. The molecule has 5 nitrogen and oxygen atoms in total. The van der Waals surface area contributed by atoms with Crippen LogP contribution in [0.1, 0.15) is 12.5 Å². The predicted octanol–water partition coefficient (Wildman–Crippen LogP) is 5.85. The topological polar surface area (TPSA) is 59.1 Å². The Kier molecular flexibility index (Phi) is 6.60. The lowest BCUT2D eigenvalue weighted by molar-refractivity contribution is 0.318. The van der Waals surface area contributed by atoms with Gasteiger partial charge in [-0.05, 0) is 55.0 Å². The quantitative estimate of drug-likeness (QED) is 0.360. The van der Waals surface area contributed by atoms with Crippen LogP contribution in [-0.4, -0.2) is 22.6 Å². The van der Waals surface area contributed by atoms with Gasteiger partial charge in [-0.2, -0.15) is 5.10 Å². The summed E-state index contributed by atoms with van der Waals surface area (Å²) in [6, 6.07) is 14.0. The fraction of sp³-hybridized carbons (Fsp3) is 0.0833. The van der Waals surface area contributed by atoms with Crippen molar-refractivity contribution in [2.24, 2.45) is 10.1 Å². The van der Waals surface area contributed by atoms with Crippen molar-refractivity contribution in [1.29, 1.82) is 0 Å². The zero-order chi connectivity index (χ0) is 23.4. The molecule has 9 heteroatoms. The Morgan fingerprint density at radius 2 is 1.85 bits per heavy atom. The Morgan fingerprint density at radius 1 is 1.03 bits per heavy atom. The summed E-state index contributed by atoms with van der Waals surface area (Å²) in [4.78, 5) is 4.52. The van der Waals surface area contributed by atoms with Gasteiger partial charge in [-0.3, -0.25) is 0 Å². The second kappa shape index (κ2) is 9.74. The lowest BCUT2D eigenvalue weighted by atomic mass is 10.1. The van der Waals surface area contributed by atoms with Gasteiger partial charge in [0.1, 0.15) is 17.3 Å².